The number of benzene rings is 3. The van der Waals surface area contributed by atoms with Gasteiger partial charge in [-0.3, -0.25) is 0 Å². The van der Waals surface area contributed by atoms with Crippen molar-refractivity contribution in [2.24, 2.45) is 10.8 Å². The molecule has 0 N–H and O–H groups in total. The van der Waals surface area contributed by atoms with Crippen molar-refractivity contribution in [3.05, 3.63) is 152 Å². The summed E-state index contributed by atoms with van der Waals surface area (Å²) in [5.41, 5.74) is 15.4. The Morgan fingerprint density at radius 2 is 1.35 bits per heavy atom. The summed E-state index contributed by atoms with van der Waals surface area (Å²) in [6, 6.07) is 26.1. The van der Waals surface area contributed by atoms with Gasteiger partial charge in [0.15, 0.2) is 0 Å². The molecular formula is C51H63Zr-. The average Bonchev–Trinajstić information content (AvgIpc) is 3.79. The summed E-state index contributed by atoms with van der Waals surface area (Å²) in [5, 5.41) is 2.86. The van der Waals surface area contributed by atoms with Crippen molar-refractivity contribution in [3.63, 3.8) is 0 Å². The molecule has 0 radical (unpaired) electrons. The molecule has 0 spiro atoms. The van der Waals surface area contributed by atoms with E-state index in [2.05, 4.69) is 166 Å². The van der Waals surface area contributed by atoms with Gasteiger partial charge in [-0.1, -0.05) is 153 Å². The molecule has 1 atom stereocenters. The zero-order valence-corrected chi connectivity index (χ0v) is 36.5. The number of hydrogen-bond donors (Lipinski definition) is 0. The topological polar surface area (TPSA) is 0 Å². The molecule has 3 aromatic carbocycles. The molecule has 0 aliphatic heterocycles. The third-order valence-electron chi connectivity index (χ3n) is 11.3. The number of fused-ring (bicyclic) bond motifs is 2. The van der Waals surface area contributed by atoms with Crippen molar-refractivity contribution in [1.29, 1.82) is 0 Å². The average molecular weight is 767 g/mol. The van der Waals surface area contributed by atoms with Crippen LogP contribution in [0.2, 0.25) is 0 Å². The van der Waals surface area contributed by atoms with Crippen molar-refractivity contribution in [2.45, 2.75) is 132 Å². The molecule has 6 rings (SSSR count). The molecule has 1 heteroatoms. The van der Waals surface area contributed by atoms with Crippen LogP contribution in [0.4, 0.5) is 0 Å². The Bertz CT molecular complexity index is 1960. The SMILES string of the molecule is CCCC1=C(CCC)C(CCC)(C(C)(C)C)C(C2=CC=CC2)=C2[C-]=c3cc(C(C)(C)C)cc(CCC)c3=C21.[Zr]=[C](c1ccccc1)c1ccccc1. The standard InChI is InChI=1S/C38H53.C13H10.Zr/c1-11-17-27-23-29(36(5,6)7)24-28-25-31-34(33(27)28)30(18-12-2)32(19-13-3)38(22-14-4,37(8,9)10)35(31)26-20-15-16-21-26;1-3-7-12(8-4-1)11-13-9-5-2-6-10-13;/h15-16,20,23-24H,11-14,17-19,21-22H2,1-10H3;1-10H;/q-1;;. The Balaban J connectivity index is 0.000000310. The van der Waals surface area contributed by atoms with Crippen LogP contribution in [-0.2, 0) is 36.1 Å². The quantitative estimate of drug-likeness (QED) is 0.171. The van der Waals surface area contributed by atoms with E-state index in [-0.39, 0.29) is 16.2 Å². The molecule has 0 fully saturated rings. The molecule has 3 aliphatic carbocycles. The van der Waals surface area contributed by atoms with E-state index in [0.717, 1.165) is 19.3 Å². The van der Waals surface area contributed by atoms with Crippen molar-refractivity contribution in [3.8, 4) is 0 Å². The van der Waals surface area contributed by atoms with Crippen LogP contribution in [0.1, 0.15) is 143 Å². The predicted octanol–water partition coefficient (Wildman–Crippen LogP) is 12.5. The number of rotatable bonds is 11. The Hall–Kier alpha value is -2.89. The van der Waals surface area contributed by atoms with E-state index in [4.69, 9.17) is 0 Å². The summed E-state index contributed by atoms with van der Waals surface area (Å²) >= 11 is 1.46. The minimum atomic E-state index is 0.0335. The van der Waals surface area contributed by atoms with Gasteiger partial charge < -0.3 is 0 Å². The Morgan fingerprint density at radius 3 is 1.83 bits per heavy atom. The first-order valence-electron chi connectivity index (χ1n) is 20.2. The van der Waals surface area contributed by atoms with Gasteiger partial charge >= 0.3 is 99.2 Å². The van der Waals surface area contributed by atoms with Gasteiger partial charge in [-0.2, -0.15) is 0 Å². The molecular weight excluding hydrogens is 704 g/mol. The summed E-state index contributed by atoms with van der Waals surface area (Å²) in [5.74, 6) is 0. The molecule has 0 heterocycles. The predicted molar refractivity (Wildman–Crippen MR) is 224 cm³/mol. The molecule has 52 heavy (non-hydrogen) atoms. The Kier molecular flexibility index (Phi) is 13.2. The number of allylic oxidation sites excluding steroid dienone is 8. The molecule has 1 unspecified atom stereocenters. The summed E-state index contributed by atoms with van der Waals surface area (Å²) < 4.78 is 1.42. The summed E-state index contributed by atoms with van der Waals surface area (Å²) in [7, 11) is 0. The Labute approximate surface area is 332 Å². The van der Waals surface area contributed by atoms with E-state index in [1.165, 1.54) is 110 Å². The van der Waals surface area contributed by atoms with Crippen LogP contribution in [0.3, 0.4) is 0 Å². The van der Waals surface area contributed by atoms with Gasteiger partial charge in [0.1, 0.15) is 0 Å². The Morgan fingerprint density at radius 1 is 0.750 bits per heavy atom. The van der Waals surface area contributed by atoms with Gasteiger partial charge in [0.05, 0.1) is 0 Å². The zero-order chi connectivity index (χ0) is 37.7. The fraction of sp³-hybridized carbons (Fsp3) is 0.431. The van der Waals surface area contributed by atoms with E-state index in [0.29, 0.717) is 0 Å². The van der Waals surface area contributed by atoms with Crippen molar-refractivity contribution >= 4 is 14.9 Å². The third-order valence-corrected chi connectivity index (χ3v) is 12.8. The van der Waals surface area contributed by atoms with E-state index in [1.807, 2.05) is 0 Å². The summed E-state index contributed by atoms with van der Waals surface area (Å²) in [6.07, 6.45) is 21.7. The first-order valence-corrected chi connectivity index (χ1v) is 21.4. The summed E-state index contributed by atoms with van der Waals surface area (Å²) in [4.78, 5) is 0. The molecule has 272 valence electrons. The summed E-state index contributed by atoms with van der Waals surface area (Å²) in [6.45, 7) is 24.1. The van der Waals surface area contributed by atoms with E-state index in [1.54, 1.807) is 22.3 Å². The van der Waals surface area contributed by atoms with Crippen LogP contribution in [0.15, 0.2) is 119 Å². The maximum atomic E-state index is 4.15. The van der Waals surface area contributed by atoms with Crippen molar-refractivity contribution in [1.82, 2.24) is 0 Å². The van der Waals surface area contributed by atoms with Crippen LogP contribution >= 0.6 is 0 Å². The van der Waals surface area contributed by atoms with E-state index in [9.17, 15) is 0 Å². The van der Waals surface area contributed by atoms with Crippen LogP contribution in [-0.4, -0.2) is 3.21 Å². The van der Waals surface area contributed by atoms with Gasteiger partial charge in [0, 0.05) is 0 Å². The van der Waals surface area contributed by atoms with Gasteiger partial charge in [-0.25, -0.2) is 0 Å². The van der Waals surface area contributed by atoms with Gasteiger partial charge in [0.2, 0.25) is 0 Å². The maximum absolute atomic E-state index is 4.15. The van der Waals surface area contributed by atoms with Crippen LogP contribution in [0, 0.1) is 10.8 Å². The molecule has 3 aromatic rings. The molecule has 3 aliphatic rings. The van der Waals surface area contributed by atoms with Crippen molar-refractivity contribution < 1.29 is 24.2 Å². The monoisotopic (exact) mass is 765 g/mol. The second kappa shape index (κ2) is 17.1. The second-order valence-corrected chi connectivity index (χ2v) is 18.3. The number of hydrogen-bond acceptors (Lipinski definition) is 0. The van der Waals surface area contributed by atoms with Crippen LogP contribution < -0.4 is 10.4 Å². The zero-order valence-electron chi connectivity index (χ0n) is 34.0. The van der Waals surface area contributed by atoms with Crippen LogP contribution in [0.25, 0.3) is 11.6 Å². The first-order chi connectivity index (χ1) is 24.8. The molecule has 0 bridgehead atoms. The normalized spacial score (nSPS) is 18.1. The molecule has 0 saturated carbocycles. The first kappa shape index (κ1) is 40.3. The molecule has 0 nitrogen and oxygen atoms in total. The van der Waals surface area contributed by atoms with Gasteiger partial charge in [-0.15, -0.1) is 33.7 Å². The fourth-order valence-electron chi connectivity index (χ4n) is 9.02. The van der Waals surface area contributed by atoms with Gasteiger partial charge in [0.25, 0.3) is 0 Å². The molecule has 0 aromatic heterocycles. The van der Waals surface area contributed by atoms with E-state index >= 15 is 0 Å². The fourth-order valence-corrected chi connectivity index (χ4v) is 9.84. The van der Waals surface area contributed by atoms with Crippen molar-refractivity contribution in [2.75, 3.05) is 0 Å². The van der Waals surface area contributed by atoms with Crippen LogP contribution in [0.5, 0.6) is 0 Å². The van der Waals surface area contributed by atoms with Gasteiger partial charge in [-0.05, 0) is 48.3 Å². The number of aryl methyl sites for hydroxylation is 1. The minimum absolute atomic E-state index is 0.0335. The molecule has 0 saturated heterocycles. The molecule has 0 amide bonds. The third kappa shape index (κ3) is 7.97. The second-order valence-electron chi connectivity index (χ2n) is 17.1. The van der Waals surface area contributed by atoms with E-state index < -0.39 is 0 Å².